The summed E-state index contributed by atoms with van der Waals surface area (Å²) < 4.78 is 10.1. The highest BCUT2D eigenvalue weighted by atomic mass is 16.6. The normalized spacial score (nSPS) is 10.4. The number of carbonyl (C=O) groups excluding carboxylic acids is 2. The second kappa shape index (κ2) is 6.13. The molecule has 1 N–H and O–H groups in total. The smallest absolute Gasteiger partial charge is 0.349 e. The van der Waals surface area contributed by atoms with Crippen LogP contribution in [0.2, 0.25) is 0 Å². The lowest BCUT2D eigenvalue weighted by Gasteiger charge is -2.05. The van der Waals surface area contributed by atoms with E-state index in [-0.39, 0.29) is 0 Å². The molecule has 0 saturated heterocycles. The van der Waals surface area contributed by atoms with Gasteiger partial charge in [0, 0.05) is 17.1 Å². The van der Waals surface area contributed by atoms with Gasteiger partial charge in [-0.2, -0.15) is 0 Å². The lowest BCUT2D eigenvalue weighted by Crippen LogP contribution is -2.18. The number of hydrogen-bond acceptors (Lipinski definition) is 4. The number of aromatic nitrogens is 1. The zero-order valence-corrected chi connectivity index (χ0v) is 11.6. The zero-order chi connectivity index (χ0) is 15.4. The molecule has 0 atom stereocenters. The minimum absolute atomic E-state index is 0.391. The van der Waals surface area contributed by atoms with E-state index in [4.69, 9.17) is 9.47 Å². The minimum Gasteiger partial charge on any atom is -0.450 e. The molecule has 22 heavy (non-hydrogen) atoms. The predicted molar refractivity (Wildman–Crippen MR) is 80.7 cm³/mol. The Morgan fingerprint density at radius 2 is 1.68 bits per heavy atom. The number of aromatic amines is 1. The molecule has 1 aromatic heterocycles. The number of benzene rings is 2. The van der Waals surface area contributed by atoms with Crippen LogP contribution in [-0.2, 0) is 9.53 Å². The van der Waals surface area contributed by atoms with Crippen molar-refractivity contribution in [3.05, 3.63) is 66.4 Å². The summed E-state index contributed by atoms with van der Waals surface area (Å²) in [6.07, 6.45) is 1.60. The van der Waals surface area contributed by atoms with Gasteiger partial charge in [0.2, 0.25) is 0 Å². The maximum Gasteiger partial charge on any atom is 0.349 e. The maximum absolute atomic E-state index is 11.8. The van der Waals surface area contributed by atoms with Crippen molar-refractivity contribution in [3.8, 4) is 5.75 Å². The molecule has 0 bridgehead atoms. The molecule has 0 unspecified atom stereocenters. The minimum atomic E-state index is -0.631. The van der Waals surface area contributed by atoms with E-state index in [9.17, 15) is 9.59 Å². The van der Waals surface area contributed by atoms with Crippen LogP contribution >= 0.6 is 0 Å². The third-order valence-corrected chi connectivity index (χ3v) is 3.11. The molecule has 3 rings (SSSR count). The largest absolute Gasteiger partial charge is 0.450 e. The Kier molecular flexibility index (Phi) is 3.87. The van der Waals surface area contributed by atoms with Crippen LogP contribution in [0.25, 0.3) is 10.9 Å². The standard InChI is InChI=1S/C17H13NO4/c19-16(11-21-17(20)12-6-2-1-3-7-12)22-15-10-18-14-9-5-4-8-13(14)15/h1-10,18H,11H2. The number of rotatable bonds is 4. The Bertz CT molecular complexity index is 808. The highest BCUT2D eigenvalue weighted by Gasteiger charge is 2.13. The SMILES string of the molecule is O=C(COC(=O)c1ccccc1)Oc1c[nH]c2ccccc12. The molecule has 2 aromatic carbocycles. The van der Waals surface area contributed by atoms with Gasteiger partial charge >= 0.3 is 11.9 Å². The average Bonchev–Trinajstić information content (AvgIpc) is 2.97. The number of fused-ring (bicyclic) bond motifs is 1. The number of H-pyrrole nitrogens is 1. The van der Waals surface area contributed by atoms with Crippen LogP contribution in [0.15, 0.2) is 60.8 Å². The van der Waals surface area contributed by atoms with Crippen LogP contribution in [-0.4, -0.2) is 23.5 Å². The first kappa shape index (κ1) is 13.9. The highest BCUT2D eigenvalue weighted by molar-refractivity contribution is 5.92. The molecule has 0 aliphatic rings. The molecule has 0 amide bonds. The number of esters is 2. The molecule has 5 heteroatoms. The number of nitrogens with one attached hydrogen (secondary N) is 1. The second-order valence-corrected chi connectivity index (χ2v) is 4.61. The molecule has 0 aliphatic heterocycles. The van der Waals surface area contributed by atoms with Crippen molar-refractivity contribution in [2.75, 3.05) is 6.61 Å². The first-order chi connectivity index (χ1) is 10.7. The van der Waals surface area contributed by atoms with Crippen molar-refractivity contribution in [3.63, 3.8) is 0 Å². The second-order valence-electron chi connectivity index (χ2n) is 4.61. The molecule has 110 valence electrons. The first-order valence-corrected chi connectivity index (χ1v) is 6.73. The summed E-state index contributed by atoms with van der Waals surface area (Å²) in [4.78, 5) is 26.5. The van der Waals surface area contributed by atoms with Gasteiger partial charge in [-0.15, -0.1) is 0 Å². The van der Waals surface area contributed by atoms with Crippen molar-refractivity contribution in [2.45, 2.75) is 0 Å². The van der Waals surface area contributed by atoms with Crippen molar-refractivity contribution < 1.29 is 19.1 Å². The fourth-order valence-electron chi connectivity index (χ4n) is 2.06. The lowest BCUT2D eigenvalue weighted by atomic mass is 10.2. The van der Waals surface area contributed by atoms with Gasteiger partial charge in [-0.1, -0.05) is 30.3 Å². The summed E-state index contributed by atoms with van der Waals surface area (Å²) in [6, 6.07) is 15.9. The highest BCUT2D eigenvalue weighted by Crippen LogP contribution is 2.24. The van der Waals surface area contributed by atoms with Crippen molar-refractivity contribution in [1.29, 1.82) is 0 Å². The Hall–Kier alpha value is -3.08. The fourth-order valence-corrected chi connectivity index (χ4v) is 2.06. The Balaban J connectivity index is 1.60. The van der Waals surface area contributed by atoms with Crippen LogP contribution in [0.5, 0.6) is 5.75 Å². The summed E-state index contributed by atoms with van der Waals surface area (Å²) >= 11 is 0. The van der Waals surface area contributed by atoms with E-state index in [1.807, 2.05) is 24.3 Å². The number of hydrogen-bond donors (Lipinski definition) is 1. The average molecular weight is 295 g/mol. The van der Waals surface area contributed by atoms with Crippen LogP contribution in [0.1, 0.15) is 10.4 Å². The molecule has 0 fully saturated rings. The van der Waals surface area contributed by atoms with E-state index in [1.165, 1.54) is 0 Å². The third kappa shape index (κ3) is 2.98. The molecule has 5 nitrogen and oxygen atoms in total. The predicted octanol–water partition coefficient (Wildman–Crippen LogP) is 2.93. The van der Waals surface area contributed by atoms with E-state index < -0.39 is 18.5 Å². The number of carbonyl (C=O) groups is 2. The summed E-state index contributed by atoms with van der Waals surface area (Å²) in [7, 11) is 0. The Morgan fingerprint density at radius 3 is 2.50 bits per heavy atom. The monoisotopic (exact) mass is 295 g/mol. The molecule has 0 aliphatic carbocycles. The van der Waals surface area contributed by atoms with Gasteiger partial charge in [0.25, 0.3) is 0 Å². The van der Waals surface area contributed by atoms with Gasteiger partial charge in [-0.25, -0.2) is 9.59 Å². The van der Waals surface area contributed by atoms with Gasteiger partial charge in [-0.3, -0.25) is 0 Å². The molecule has 0 spiro atoms. The molecule has 1 heterocycles. The summed E-state index contributed by atoms with van der Waals surface area (Å²) in [6.45, 7) is -0.437. The lowest BCUT2D eigenvalue weighted by molar-refractivity contribution is -0.137. The molecule has 0 radical (unpaired) electrons. The molecular weight excluding hydrogens is 282 g/mol. The van der Waals surface area contributed by atoms with E-state index in [0.29, 0.717) is 11.3 Å². The number of ether oxygens (including phenoxy) is 2. The van der Waals surface area contributed by atoms with Gasteiger partial charge < -0.3 is 14.5 Å². The maximum atomic E-state index is 11.8. The van der Waals surface area contributed by atoms with E-state index >= 15 is 0 Å². The first-order valence-electron chi connectivity index (χ1n) is 6.73. The molecule has 3 aromatic rings. The summed E-state index contributed by atoms with van der Waals surface area (Å²) in [5.41, 5.74) is 1.26. The van der Waals surface area contributed by atoms with E-state index in [1.54, 1.807) is 36.5 Å². The van der Waals surface area contributed by atoms with Gasteiger partial charge in [0.1, 0.15) is 0 Å². The zero-order valence-electron chi connectivity index (χ0n) is 11.6. The third-order valence-electron chi connectivity index (χ3n) is 3.11. The van der Waals surface area contributed by atoms with Crippen molar-refractivity contribution in [1.82, 2.24) is 4.98 Å². The number of para-hydroxylation sites is 1. The summed E-state index contributed by atoms with van der Waals surface area (Å²) in [5, 5.41) is 0.797. The van der Waals surface area contributed by atoms with Crippen molar-refractivity contribution in [2.24, 2.45) is 0 Å². The van der Waals surface area contributed by atoms with Crippen LogP contribution in [0, 0.1) is 0 Å². The van der Waals surface area contributed by atoms with Gasteiger partial charge in [0.05, 0.1) is 5.56 Å². The van der Waals surface area contributed by atoms with Crippen LogP contribution in [0.4, 0.5) is 0 Å². The quantitative estimate of drug-likeness (QED) is 0.751. The molecular formula is C17H13NO4. The topological polar surface area (TPSA) is 68.4 Å². The Morgan fingerprint density at radius 1 is 0.955 bits per heavy atom. The van der Waals surface area contributed by atoms with Gasteiger partial charge in [0.15, 0.2) is 12.4 Å². The van der Waals surface area contributed by atoms with E-state index in [2.05, 4.69) is 4.98 Å². The van der Waals surface area contributed by atoms with Crippen LogP contribution in [0.3, 0.4) is 0 Å². The Labute approximate surface area is 126 Å². The van der Waals surface area contributed by atoms with Crippen LogP contribution < -0.4 is 4.74 Å². The summed E-state index contributed by atoms with van der Waals surface area (Å²) in [5.74, 6) is -0.776. The van der Waals surface area contributed by atoms with E-state index in [0.717, 1.165) is 10.9 Å². The molecule has 0 saturated carbocycles. The van der Waals surface area contributed by atoms with Gasteiger partial charge in [-0.05, 0) is 24.3 Å². The van der Waals surface area contributed by atoms with Crippen molar-refractivity contribution >= 4 is 22.8 Å². The fraction of sp³-hybridized carbons (Fsp3) is 0.0588.